The molecule has 4 N–H and O–H groups in total. The van der Waals surface area contributed by atoms with Gasteiger partial charge in [0.15, 0.2) is 0 Å². The minimum Gasteiger partial charge on any atom is -0.384 e. The molecule has 1 unspecified atom stereocenters. The number of H-pyrrole nitrogens is 1. The van der Waals surface area contributed by atoms with Gasteiger partial charge in [-0.3, -0.25) is 9.59 Å². The summed E-state index contributed by atoms with van der Waals surface area (Å²) < 4.78 is 1.82. The van der Waals surface area contributed by atoms with Gasteiger partial charge in [-0.15, -0.1) is 20.3 Å². The number of carbonyl (C=O) groups is 2. The zero-order valence-corrected chi connectivity index (χ0v) is 29.4. The molecule has 0 aliphatic carbocycles. The Morgan fingerprint density at radius 1 is 1.00 bits per heavy atom. The lowest BCUT2D eigenvalue weighted by molar-refractivity contribution is -0.757. The van der Waals surface area contributed by atoms with Crippen LogP contribution in [0.1, 0.15) is 73.2 Å². The van der Waals surface area contributed by atoms with Crippen molar-refractivity contribution in [2.75, 3.05) is 13.2 Å². The molecule has 0 aliphatic rings. The fourth-order valence-electron chi connectivity index (χ4n) is 5.91. The number of nitrogens with one attached hydrogen (secondary N) is 3. The first-order chi connectivity index (χ1) is 25.0. The molecule has 5 aromatic rings. The quantitative estimate of drug-likeness (QED) is 0.0574. The van der Waals surface area contributed by atoms with Crippen LogP contribution in [0.3, 0.4) is 0 Å². The number of hydrogen-bond acceptors (Lipinski definition) is 10. The molecular formula is C37H43N9O6. The van der Waals surface area contributed by atoms with E-state index in [0.29, 0.717) is 30.9 Å². The summed E-state index contributed by atoms with van der Waals surface area (Å²) >= 11 is 0. The van der Waals surface area contributed by atoms with E-state index in [1.807, 2.05) is 90.4 Å². The molecule has 0 radical (unpaired) electrons. The lowest BCUT2D eigenvalue weighted by Gasteiger charge is -2.22. The van der Waals surface area contributed by atoms with Crippen molar-refractivity contribution >= 4 is 11.8 Å². The average molecular weight is 710 g/mol. The van der Waals surface area contributed by atoms with Gasteiger partial charge >= 0.3 is 0 Å². The van der Waals surface area contributed by atoms with Gasteiger partial charge in [0.25, 0.3) is 11.0 Å². The van der Waals surface area contributed by atoms with Gasteiger partial charge in [-0.2, -0.15) is 5.21 Å². The van der Waals surface area contributed by atoms with Crippen LogP contribution in [-0.4, -0.2) is 71.4 Å². The second-order valence-electron chi connectivity index (χ2n) is 12.9. The maximum atomic E-state index is 14.4. The average Bonchev–Trinajstić information content (AvgIpc) is 3.79. The highest BCUT2D eigenvalue weighted by molar-refractivity contribution is 5.97. The molecule has 5 rings (SSSR count). The number of aromatic amines is 1. The molecule has 1 atom stereocenters. The number of hydrogen-bond donors (Lipinski definition) is 4. The Morgan fingerprint density at radius 2 is 1.71 bits per heavy atom. The van der Waals surface area contributed by atoms with E-state index in [4.69, 9.17) is 4.98 Å². The molecule has 2 amide bonds. The van der Waals surface area contributed by atoms with Crippen molar-refractivity contribution in [1.82, 2.24) is 40.8 Å². The summed E-state index contributed by atoms with van der Waals surface area (Å²) in [6, 6.07) is 24.1. The number of aryl methyl sites for hydroxylation is 1. The van der Waals surface area contributed by atoms with Crippen molar-refractivity contribution in [3.05, 3.63) is 117 Å². The van der Waals surface area contributed by atoms with Crippen LogP contribution in [0.2, 0.25) is 0 Å². The number of unbranched alkanes of at least 4 members (excludes halogenated alkanes) is 1. The van der Waals surface area contributed by atoms with Crippen molar-refractivity contribution in [2.24, 2.45) is 0 Å². The van der Waals surface area contributed by atoms with Crippen LogP contribution in [0.15, 0.2) is 78.9 Å². The van der Waals surface area contributed by atoms with E-state index in [1.165, 1.54) is 0 Å². The summed E-state index contributed by atoms with van der Waals surface area (Å²) in [5, 5.41) is 41.1. The fraction of sp³-hybridized carbons (Fsp3) is 0.351. The van der Waals surface area contributed by atoms with Gasteiger partial charge in [0, 0.05) is 31.5 Å². The lowest BCUT2D eigenvalue weighted by Crippen LogP contribution is -2.49. The number of rotatable bonds is 18. The Balaban J connectivity index is 1.43. The molecule has 3 aromatic carbocycles. The Labute approximate surface area is 300 Å². The third-order valence-corrected chi connectivity index (χ3v) is 8.41. The van der Waals surface area contributed by atoms with Crippen molar-refractivity contribution in [2.45, 2.75) is 71.1 Å². The largest absolute Gasteiger partial charge is 0.384 e. The highest BCUT2D eigenvalue weighted by Crippen LogP contribution is 2.31. The van der Waals surface area contributed by atoms with Gasteiger partial charge in [0.2, 0.25) is 11.7 Å². The summed E-state index contributed by atoms with van der Waals surface area (Å²) in [4.78, 5) is 47.4. The second kappa shape index (κ2) is 17.3. The number of carbonyl (C=O) groups excluding carboxylic acids is 2. The van der Waals surface area contributed by atoms with E-state index >= 15 is 0 Å². The molecule has 0 saturated carbocycles. The summed E-state index contributed by atoms with van der Waals surface area (Å²) in [7, 11) is 0. The van der Waals surface area contributed by atoms with Gasteiger partial charge in [0.1, 0.15) is 28.9 Å². The summed E-state index contributed by atoms with van der Waals surface area (Å²) in [5.74, 6) is 0.165. The van der Waals surface area contributed by atoms with Gasteiger partial charge in [-0.25, -0.2) is 4.98 Å². The maximum Gasteiger partial charge on any atom is 0.294 e. The standard InChI is InChI=1S/C37H43N9O6/c1-4-12-31-40-33(37(2,3)49)32(36(48)39-30(23-25-13-6-5-7-14-25)35(47)38-21-10-11-22-52-46(50)51)45(31)24-26-17-19-27(20-18-26)28-15-8-9-16-29(28)34-41-43-44-42-34/h5-9,13-20,30,49H,4,10-12,21-24H2,1-3H3,(H,38,47)(H,39,48)(H,41,42,43,44). The number of aromatic nitrogens is 6. The van der Waals surface area contributed by atoms with Crippen molar-refractivity contribution < 1.29 is 24.6 Å². The third kappa shape index (κ3) is 9.63. The Hall–Kier alpha value is -5.96. The van der Waals surface area contributed by atoms with Crippen molar-refractivity contribution in [3.8, 4) is 22.5 Å². The zero-order valence-electron chi connectivity index (χ0n) is 29.4. The molecule has 2 heterocycles. The monoisotopic (exact) mass is 709 g/mol. The van der Waals surface area contributed by atoms with Gasteiger partial charge in [-0.1, -0.05) is 85.8 Å². The maximum absolute atomic E-state index is 14.4. The summed E-state index contributed by atoms with van der Waals surface area (Å²) in [6.45, 7) is 5.63. The fourth-order valence-corrected chi connectivity index (χ4v) is 5.91. The minimum atomic E-state index is -1.47. The lowest BCUT2D eigenvalue weighted by atomic mass is 9.98. The van der Waals surface area contributed by atoms with Crippen LogP contribution >= 0.6 is 0 Å². The highest BCUT2D eigenvalue weighted by Gasteiger charge is 2.33. The Bertz CT molecular complexity index is 1940. The second-order valence-corrected chi connectivity index (χ2v) is 12.9. The summed E-state index contributed by atoms with van der Waals surface area (Å²) in [5.41, 5.74) is 3.36. The molecule has 0 saturated heterocycles. The SMILES string of the molecule is CCCc1nc(C(C)(C)O)c(C(=O)NC(Cc2ccccc2)C(=O)NCCCCO[N+](=O)[O-])n1Cc1ccc(-c2ccccc2-c2nn[nH]n2)cc1. The molecule has 15 heteroatoms. The van der Waals surface area contributed by atoms with Crippen LogP contribution in [0.5, 0.6) is 0 Å². The molecular weight excluding hydrogens is 666 g/mol. The molecule has 15 nitrogen and oxygen atoms in total. The van der Waals surface area contributed by atoms with E-state index in [2.05, 4.69) is 36.1 Å². The Morgan fingerprint density at radius 3 is 2.37 bits per heavy atom. The smallest absolute Gasteiger partial charge is 0.294 e. The van der Waals surface area contributed by atoms with E-state index < -0.39 is 28.5 Å². The van der Waals surface area contributed by atoms with Gasteiger partial charge in [0.05, 0.1) is 6.61 Å². The van der Waals surface area contributed by atoms with Crippen LogP contribution in [0.25, 0.3) is 22.5 Å². The molecule has 0 bridgehead atoms. The number of benzene rings is 3. The predicted molar refractivity (Wildman–Crippen MR) is 192 cm³/mol. The van der Waals surface area contributed by atoms with Crippen LogP contribution in [0.4, 0.5) is 0 Å². The van der Waals surface area contributed by atoms with Gasteiger partial charge in [-0.05, 0) is 60.6 Å². The number of amides is 2. The number of aliphatic hydroxyl groups is 1. The molecule has 272 valence electrons. The zero-order chi connectivity index (χ0) is 37.1. The van der Waals surface area contributed by atoms with Crippen molar-refractivity contribution in [3.63, 3.8) is 0 Å². The Kier molecular flexibility index (Phi) is 12.4. The molecule has 0 fully saturated rings. The number of tetrazole rings is 1. The third-order valence-electron chi connectivity index (χ3n) is 8.41. The predicted octanol–water partition coefficient (Wildman–Crippen LogP) is 4.40. The van der Waals surface area contributed by atoms with E-state index in [-0.39, 0.29) is 37.5 Å². The van der Waals surface area contributed by atoms with Crippen LogP contribution in [0, 0.1) is 10.1 Å². The van der Waals surface area contributed by atoms with Crippen molar-refractivity contribution in [1.29, 1.82) is 0 Å². The molecule has 2 aromatic heterocycles. The highest BCUT2D eigenvalue weighted by atomic mass is 16.9. The molecule has 52 heavy (non-hydrogen) atoms. The van der Waals surface area contributed by atoms with Crippen LogP contribution in [-0.2, 0) is 34.6 Å². The normalized spacial score (nSPS) is 11.9. The van der Waals surface area contributed by atoms with Crippen LogP contribution < -0.4 is 10.6 Å². The van der Waals surface area contributed by atoms with Gasteiger partial charge < -0.3 is 25.1 Å². The molecule has 0 spiro atoms. The number of imidazole rings is 1. The first-order valence-electron chi connectivity index (χ1n) is 17.2. The molecule has 0 aliphatic heterocycles. The minimum absolute atomic E-state index is 0.0763. The first kappa shape index (κ1) is 37.3. The number of nitrogens with zero attached hydrogens (tertiary/aromatic N) is 6. The van der Waals surface area contributed by atoms with E-state index in [1.54, 1.807) is 13.8 Å². The van der Waals surface area contributed by atoms with E-state index in [9.17, 15) is 24.8 Å². The first-order valence-corrected chi connectivity index (χ1v) is 17.2. The van der Waals surface area contributed by atoms with E-state index in [0.717, 1.165) is 34.2 Å². The summed E-state index contributed by atoms with van der Waals surface area (Å²) in [6.07, 6.45) is 2.34. The topological polar surface area (TPSA) is 203 Å².